The summed E-state index contributed by atoms with van der Waals surface area (Å²) in [6.45, 7) is 1.67. The van der Waals surface area contributed by atoms with E-state index in [1.165, 1.54) is 10.7 Å². The number of benzene rings is 2. The van der Waals surface area contributed by atoms with E-state index in [4.69, 9.17) is 11.5 Å². The molecule has 0 atom stereocenters. The van der Waals surface area contributed by atoms with E-state index in [0.717, 1.165) is 0 Å². The average Bonchev–Trinajstić information content (AvgIpc) is 2.90. The third-order valence-electron chi connectivity index (χ3n) is 3.17. The summed E-state index contributed by atoms with van der Waals surface area (Å²) >= 11 is 0. The van der Waals surface area contributed by atoms with Crippen LogP contribution in [0.4, 0.5) is 15.8 Å². The van der Waals surface area contributed by atoms with Crippen molar-refractivity contribution in [2.45, 2.75) is 6.92 Å². The first kappa shape index (κ1) is 13.0. The molecule has 0 amide bonds. The highest BCUT2D eigenvalue weighted by Crippen LogP contribution is 2.26. The van der Waals surface area contributed by atoms with Crippen LogP contribution < -0.4 is 11.5 Å². The van der Waals surface area contributed by atoms with Gasteiger partial charge < -0.3 is 11.5 Å². The number of anilines is 2. The normalized spacial score (nSPS) is 10.8. The predicted molar refractivity (Wildman–Crippen MR) is 78.1 cm³/mol. The predicted octanol–water partition coefficient (Wildman–Crippen LogP) is 1.94. The van der Waals surface area contributed by atoms with Gasteiger partial charge in [-0.15, -0.1) is 5.10 Å². The molecular weight excluding hydrogens is 271 g/mol. The Balaban J connectivity index is 2.19. The van der Waals surface area contributed by atoms with E-state index in [9.17, 15) is 4.39 Å². The molecule has 7 heteroatoms. The minimum absolute atomic E-state index is 0.318. The summed E-state index contributed by atoms with van der Waals surface area (Å²) in [5, 5.41) is 11.6. The molecule has 1 heterocycles. The fourth-order valence-electron chi connectivity index (χ4n) is 2.16. The summed E-state index contributed by atoms with van der Waals surface area (Å²) in [7, 11) is 0. The fourth-order valence-corrected chi connectivity index (χ4v) is 2.16. The van der Waals surface area contributed by atoms with E-state index in [1.54, 1.807) is 37.3 Å². The lowest BCUT2D eigenvalue weighted by molar-refractivity contribution is 0.614. The lowest BCUT2D eigenvalue weighted by Crippen LogP contribution is -2.04. The number of nitrogens with two attached hydrogens (primary N) is 2. The number of nitrogens with zero attached hydrogens (tertiary/aromatic N) is 4. The average molecular weight is 284 g/mol. The van der Waals surface area contributed by atoms with E-state index >= 15 is 0 Å². The van der Waals surface area contributed by atoms with Crippen LogP contribution >= 0.6 is 0 Å². The number of halogens is 1. The topological polar surface area (TPSA) is 95.6 Å². The van der Waals surface area contributed by atoms with Gasteiger partial charge in [-0.05, 0) is 47.7 Å². The van der Waals surface area contributed by atoms with Gasteiger partial charge in [-0.2, -0.15) is 4.68 Å². The van der Waals surface area contributed by atoms with Gasteiger partial charge in [0.1, 0.15) is 5.82 Å². The van der Waals surface area contributed by atoms with Gasteiger partial charge in [-0.3, -0.25) is 0 Å². The van der Waals surface area contributed by atoms with E-state index in [-0.39, 0.29) is 5.82 Å². The van der Waals surface area contributed by atoms with Crippen LogP contribution in [0.1, 0.15) is 5.56 Å². The van der Waals surface area contributed by atoms with Crippen LogP contribution in [0, 0.1) is 12.7 Å². The van der Waals surface area contributed by atoms with Crippen LogP contribution in [0.25, 0.3) is 17.1 Å². The van der Waals surface area contributed by atoms with E-state index in [1.807, 2.05) is 0 Å². The molecule has 0 aliphatic heterocycles. The van der Waals surface area contributed by atoms with Crippen molar-refractivity contribution in [2.75, 3.05) is 11.5 Å². The van der Waals surface area contributed by atoms with Crippen molar-refractivity contribution in [3.63, 3.8) is 0 Å². The number of nitrogen functional groups attached to an aromatic ring is 2. The molecule has 0 radical (unpaired) electrons. The van der Waals surface area contributed by atoms with Crippen LogP contribution in [-0.4, -0.2) is 20.2 Å². The zero-order chi connectivity index (χ0) is 15.0. The maximum atomic E-state index is 13.7. The summed E-state index contributed by atoms with van der Waals surface area (Å²) in [5.41, 5.74) is 14.3. The molecule has 0 unspecified atom stereocenters. The minimum atomic E-state index is -0.318. The Morgan fingerprint density at radius 2 is 1.81 bits per heavy atom. The molecule has 2 aromatic carbocycles. The number of rotatable bonds is 2. The molecule has 21 heavy (non-hydrogen) atoms. The Hall–Kier alpha value is -2.96. The summed E-state index contributed by atoms with van der Waals surface area (Å²) in [5.74, 6) is 0.128. The molecular formula is C14H13FN6. The molecule has 0 fully saturated rings. The molecule has 3 rings (SSSR count). The maximum Gasteiger partial charge on any atom is 0.187 e. The first-order valence-corrected chi connectivity index (χ1v) is 6.26. The smallest absolute Gasteiger partial charge is 0.187 e. The second-order valence-electron chi connectivity index (χ2n) is 4.69. The van der Waals surface area contributed by atoms with Gasteiger partial charge in [0, 0.05) is 22.5 Å². The van der Waals surface area contributed by atoms with Crippen molar-refractivity contribution >= 4 is 11.4 Å². The molecule has 6 nitrogen and oxygen atoms in total. The highest BCUT2D eigenvalue weighted by atomic mass is 19.1. The molecule has 106 valence electrons. The van der Waals surface area contributed by atoms with Crippen molar-refractivity contribution in [1.29, 1.82) is 0 Å². The summed E-state index contributed by atoms with van der Waals surface area (Å²) in [6, 6.07) is 9.82. The molecule has 1 aromatic heterocycles. The SMILES string of the molecule is Cc1c(F)cccc1-n1nnnc1-c1cc(N)cc(N)c1. The Morgan fingerprint density at radius 1 is 1.10 bits per heavy atom. The van der Waals surface area contributed by atoms with Crippen LogP contribution in [0.15, 0.2) is 36.4 Å². The zero-order valence-corrected chi connectivity index (χ0v) is 11.3. The lowest BCUT2D eigenvalue weighted by atomic mass is 10.1. The van der Waals surface area contributed by atoms with Gasteiger partial charge >= 0.3 is 0 Å². The number of hydrogen-bond acceptors (Lipinski definition) is 5. The van der Waals surface area contributed by atoms with E-state index in [0.29, 0.717) is 34.0 Å². The van der Waals surface area contributed by atoms with Crippen molar-refractivity contribution in [3.8, 4) is 17.1 Å². The van der Waals surface area contributed by atoms with E-state index < -0.39 is 0 Å². The third kappa shape index (κ3) is 2.29. The van der Waals surface area contributed by atoms with E-state index in [2.05, 4.69) is 15.5 Å². The molecule has 3 aromatic rings. The van der Waals surface area contributed by atoms with Gasteiger partial charge in [-0.1, -0.05) is 6.07 Å². The highest BCUT2D eigenvalue weighted by molar-refractivity contribution is 5.69. The second kappa shape index (κ2) is 4.86. The molecule has 0 aliphatic carbocycles. The number of aromatic nitrogens is 4. The zero-order valence-electron chi connectivity index (χ0n) is 11.3. The van der Waals surface area contributed by atoms with Crippen LogP contribution in [0.2, 0.25) is 0 Å². The van der Waals surface area contributed by atoms with Gasteiger partial charge in [-0.25, -0.2) is 4.39 Å². The van der Waals surface area contributed by atoms with Crippen molar-refractivity contribution in [2.24, 2.45) is 0 Å². The van der Waals surface area contributed by atoms with Crippen LogP contribution in [0.5, 0.6) is 0 Å². The monoisotopic (exact) mass is 284 g/mol. The van der Waals surface area contributed by atoms with Crippen molar-refractivity contribution in [3.05, 3.63) is 47.8 Å². The van der Waals surface area contributed by atoms with Crippen molar-refractivity contribution < 1.29 is 4.39 Å². The Labute approximate surface area is 120 Å². The number of hydrogen-bond donors (Lipinski definition) is 2. The summed E-state index contributed by atoms with van der Waals surface area (Å²) in [6.07, 6.45) is 0. The molecule has 4 N–H and O–H groups in total. The first-order chi connectivity index (χ1) is 10.1. The molecule has 0 saturated heterocycles. The Bertz CT molecular complexity index is 791. The summed E-state index contributed by atoms with van der Waals surface area (Å²) < 4.78 is 15.2. The molecule has 0 aliphatic rings. The van der Waals surface area contributed by atoms with Gasteiger partial charge in [0.05, 0.1) is 5.69 Å². The van der Waals surface area contributed by atoms with Gasteiger partial charge in [0.15, 0.2) is 5.82 Å². The summed E-state index contributed by atoms with van der Waals surface area (Å²) in [4.78, 5) is 0. The molecule has 0 spiro atoms. The Morgan fingerprint density at radius 3 is 2.52 bits per heavy atom. The van der Waals surface area contributed by atoms with Crippen LogP contribution in [0.3, 0.4) is 0 Å². The minimum Gasteiger partial charge on any atom is -0.399 e. The molecule has 0 bridgehead atoms. The maximum absolute atomic E-state index is 13.7. The van der Waals surface area contributed by atoms with Gasteiger partial charge in [0.2, 0.25) is 0 Å². The lowest BCUT2D eigenvalue weighted by Gasteiger charge is -2.09. The standard InChI is InChI=1S/C14H13FN6/c1-8-12(15)3-2-4-13(8)21-14(18-19-20-21)9-5-10(16)7-11(17)6-9/h2-7H,16-17H2,1H3. The Kier molecular flexibility index (Phi) is 3.02. The highest BCUT2D eigenvalue weighted by Gasteiger charge is 2.14. The molecule has 0 saturated carbocycles. The van der Waals surface area contributed by atoms with Crippen molar-refractivity contribution in [1.82, 2.24) is 20.2 Å². The third-order valence-corrected chi connectivity index (χ3v) is 3.17. The second-order valence-corrected chi connectivity index (χ2v) is 4.69. The quantitative estimate of drug-likeness (QED) is 0.701. The van der Waals surface area contributed by atoms with Crippen LogP contribution in [-0.2, 0) is 0 Å². The number of tetrazole rings is 1. The first-order valence-electron chi connectivity index (χ1n) is 6.26. The fraction of sp³-hybridized carbons (Fsp3) is 0.0714. The van der Waals surface area contributed by atoms with Gasteiger partial charge in [0.25, 0.3) is 0 Å². The largest absolute Gasteiger partial charge is 0.399 e.